The number of hydrogen-bond acceptors (Lipinski definition) is 3. The van der Waals surface area contributed by atoms with Gasteiger partial charge in [-0.15, -0.1) is 0 Å². The lowest BCUT2D eigenvalue weighted by Gasteiger charge is -2.36. The van der Waals surface area contributed by atoms with Gasteiger partial charge in [0.1, 0.15) is 12.4 Å². The number of benzene rings is 3. The minimum atomic E-state index is 0.159. The van der Waals surface area contributed by atoms with Crippen LogP contribution in [0.25, 0.3) is 10.9 Å². The van der Waals surface area contributed by atoms with Gasteiger partial charge in [-0.25, -0.2) is 0 Å². The number of halogens is 1. The first-order chi connectivity index (χ1) is 15.7. The number of nitrogens with zero attached hydrogens (tertiary/aromatic N) is 1. The molecule has 1 atom stereocenters. The van der Waals surface area contributed by atoms with Crippen molar-refractivity contribution in [1.29, 1.82) is 0 Å². The van der Waals surface area contributed by atoms with Gasteiger partial charge in [0.25, 0.3) is 0 Å². The smallest absolute Gasteiger partial charge is 0.119 e. The number of hydrogen-bond donors (Lipinski definition) is 2. The van der Waals surface area contributed by atoms with Crippen molar-refractivity contribution in [3.05, 3.63) is 100 Å². The molecule has 32 heavy (non-hydrogen) atoms. The van der Waals surface area contributed by atoms with Crippen LogP contribution in [0, 0.1) is 0 Å². The molecule has 1 aliphatic rings. The highest BCUT2D eigenvalue weighted by atomic mass is 35.5. The quantitative estimate of drug-likeness (QED) is 0.371. The van der Waals surface area contributed by atoms with E-state index in [1.165, 1.54) is 27.8 Å². The topological polar surface area (TPSA) is 40.3 Å². The molecule has 5 rings (SSSR count). The van der Waals surface area contributed by atoms with Crippen molar-refractivity contribution in [2.24, 2.45) is 0 Å². The highest BCUT2D eigenvalue weighted by molar-refractivity contribution is 6.31. The predicted molar refractivity (Wildman–Crippen MR) is 131 cm³/mol. The summed E-state index contributed by atoms with van der Waals surface area (Å²) >= 11 is 6.31. The Morgan fingerprint density at radius 1 is 1.06 bits per heavy atom. The number of aromatic nitrogens is 1. The van der Waals surface area contributed by atoms with Gasteiger partial charge in [0.05, 0.1) is 6.04 Å². The molecule has 0 amide bonds. The molecule has 4 nitrogen and oxygen atoms in total. The van der Waals surface area contributed by atoms with Gasteiger partial charge in [0.2, 0.25) is 0 Å². The molecule has 0 fully saturated rings. The van der Waals surface area contributed by atoms with E-state index in [0.717, 1.165) is 42.5 Å². The number of ether oxygens (including phenoxy) is 1. The summed E-state index contributed by atoms with van der Waals surface area (Å²) in [5.41, 5.74) is 6.22. The van der Waals surface area contributed by atoms with Crippen LogP contribution in [0.5, 0.6) is 5.75 Å². The minimum Gasteiger partial charge on any atom is -0.489 e. The summed E-state index contributed by atoms with van der Waals surface area (Å²) in [7, 11) is 0. The Bertz CT molecular complexity index is 1190. The number of aromatic amines is 1. The van der Waals surface area contributed by atoms with Gasteiger partial charge in [0.15, 0.2) is 0 Å². The Hall–Kier alpha value is -2.79. The monoisotopic (exact) mass is 445 g/mol. The molecular formula is C27H28ClN3O. The molecule has 164 valence electrons. The number of rotatable bonds is 7. The molecule has 1 aromatic heterocycles. The maximum atomic E-state index is 6.31. The van der Waals surface area contributed by atoms with Crippen molar-refractivity contribution < 1.29 is 4.74 Å². The van der Waals surface area contributed by atoms with E-state index in [0.29, 0.717) is 6.61 Å². The third-order valence-electron chi connectivity index (χ3n) is 6.20. The second kappa shape index (κ2) is 9.37. The summed E-state index contributed by atoms with van der Waals surface area (Å²) in [6, 6.07) is 25.1. The molecule has 4 aromatic rings. The van der Waals surface area contributed by atoms with Crippen LogP contribution < -0.4 is 10.1 Å². The average Bonchev–Trinajstić information content (AvgIpc) is 3.20. The molecule has 3 aromatic carbocycles. The molecule has 0 saturated carbocycles. The Balaban J connectivity index is 1.44. The predicted octanol–water partition coefficient (Wildman–Crippen LogP) is 5.91. The van der Waals surface area contributed by atoms with Gasteiger partial charge in [-0.3, -0.25) is 4.90 Å². The highest BCUT2D eigenvalue weighted by Gasteiger charge is 2.31. The van der Waals surface area contributed by atoms with Crippen LogP contribution in [0.3, 0.4) is 0 Å². The van der Waals surface area contributed by atoms with Crippen molar-refractivity contribution in [3.8, 4) is 5.75 Å². The molecular weight excluding hydrogens is 418 g/mol. The molecule has 0 aliphatic carbocycles. The van der Waals surface area contributed by atoms with Gasteiger partial charge in [-0.1, -0.05) is 61.0 Å². The minimum absolute atomic E-state index is 0.159. The number of nitrogens with one attached hydrogen (secondary N) is 2. The Kier molecular flexibility index (Phi) is 6.17. The third-order valence-corrected chi connectivity index (χ3v) is 6.43. The fourth-order valence-electron chi connectivity index (χ4n) is 4.60. The molecule has 0 bridgehead atoms. The molecule has 1 aliphatic heterocycles. The average molecular weight is 446 g/mol. The number of fused-ring (bicyclic) bond motifs is 3. The Morgan fingerprint density at radius 3 is 2.66 bits per heavy atom. The van der Waals surface area contributed by atoms with Gasteiger partial charge >= 0.3 is 0 Å². The number of H-pyrrole nitrogens is 1. The fourth-order valence-corrected chi connectivity index (χ4v) is 4.77. The van der Waals surface area contributed by atoms with Crippen LogP contribution in [0.15, 0.2) is 72.8 Å². The first-order valence-electron chi connectivity index (χ1n) is 11.2. The summed E-state index contributed by atoms with van der Waals surface area (Å²) < 4.78 is 6.01. The van der Waals surface area contributed by atoms with Crippen LogP contribution in [-0.4, -0.2) is 29.6 Å². The van der Waals surface area contributed by atoms with Gasteiger partial charge < -0.3 is 15.0 Å². The largest absolute Gasteiger partial charge is 0.489 e. The lowest BCUT2D eigenvalue weighted by molar-refractivity contribution is 0.196. The van der Waals surface area contributed by atoms with Crippen LogP contribution in [0.2, 0.25) is 5.02 Å². The van der Waals surface area contributed by atoms with Crippen molar-refractivity contribution in [3.63, 3.8) is 0 Å². The summed E-state index contributed by atoms with van der Waals surface area (Å²) in [6.45, 7) is 5.52. The zero-order chi connectivity index (χ0) is 21.9. The van der Waals surface area contributed by atoms with E-state index in [4.69, 9.17) is 16.3 Å². The highest BCUT2D eigenvalue weighted by Crippen LogP contribution is 2.39. The van der Waals surface area contributed by atoms with Crippen LogP contribution in [-0.2, 0) is 13.0 Å². The van der Waals surface area contributed by atoms with Crippen LogP contribution >= 0.6 is 11.6 Å². The van der Waals surface area contributed by atoms with E-state index in [1.54, 1.807) is 0 Å². The van der Waals surface area contributed by atoms with E-state index in [-0.39, 0.29) is 6.04 Å². The molecule has 0 radical (unpaired) electrons. The normalized spacial score (nSPS) is 16.2. The second-order valence-electron chi connectivity index (χ2n) is 8.28. The van der Waals surface area contributed by atoms with Crippen LogP contribution in [0.1, 0.15) is 35.3 Å². The van der Waals surface area contributed by atoms with Gasteiger partial charge in [-0.2, -0.15) is 0 Å². The van der Waals surface area contributed by atoms with Crippen molar-refractivity contribution in [2.75, 3.05) is 19.8 Å². The van der Waals surface area contributed by atoms with E-state index in [2.05, 4.69) is 70.7 Å². The summed E-state index contributed by atoms with van der Waals surface area (Å²) in [5.74, 6) is 0.885. The molecule has 1 unspecified atom stereocenters. The van der Waals surface area contributed by atoms with E-state index in [1.807, 2.05) is 24.3 Å². The maximum Gasteiger partial charge on any atom is 0.119 e. The lowest BCUT2D eigenvalue weighted by atomic mass is 9.92. The molecule has 0 spiro atoms. The van der Waals surface area contributed by atoms with E-state index < -0.39 is 0 Å². The standard InChI is InChI=1S/C27H28ClN3O/c1-2-29-18-31-15-14-23-24-16-21(28)10-13-25(24)30-26(23)27(31)20-8-11-22(12-9-20)32-17-19-6-4-3-5-7-19/h3-13,16,27,29-30H,2,14-15,17-18H2,1H3. The third kappa shape index (κ3) is 4.26. The molecule has 5 heteroatoms. The zero-order valence-corrected chi connectivity index (χ0v) is 19.0. The molecule has 0 saturated heterocycles. The molecule has 2 heterocycles. The SMILES string of the molecule is CCNCN1CCc2c([nH]c3ccc(Cl)cc23)C1c1ccc(OCc2ccccc2)cc1. The van der Waals surface area contributed by atoms with E-state index in [9.17, 15) is 0 Å². The first kappa shape index (κ1) is 21.1. The van der Waals surface area contributed by atoms with Crippen molar-refractivity contribution >= 4 is 22.5 Å². The first-order valence-corrected chi connectivity index (χ1v) is 11.6. The lowest BCUT2D eigenvalue weighted by Crippen LogP contribution is -2.41. The summed E-state index contributed by atoms with van der Waals surface area (Å²) in [6.07, 6.45) is 1.01. The van der Waals surface area contributed by atoms with E-state index >= 15 is 0 Å². The van der Waals surface area contributed by atoms with Crippen molar-refractivity contribution in [1.82, 2.24) is 15.2 Å². The van der Waals surface area contributed by atoms with Crippen LogP contribution in [0.4, 0.5) is 0 Å². The fraction of sp³-hybridized carbons (Fsp3) is 0.259. The van der Waals surface area contributed by atoms with Gasteiger partial charge in [-0.05, 0) is 60.0 Å². The zero-order valence-electron chi connectivity index (χ0n) is 18.3. The second-order valence-corrected chi connectivity index (χ2v) is 8.71. The Morgan fingerprint density at radius 2 is 1.88 bits per heavy atom. The maximum absolute atomic E-state index is 6.31. The Labute approximate surface area is 194 Å². The summed E-state index contributed by atoms with van der Waals surface area (Å²) in [5, 5.41) is 5.53. The van der Waals surface area contributed by atoms with Crippen molar-refractivity contribution in [2.45, 2.75) is 26.0 Å². The van der Waals surface area contributed by atoms with Gasteiger partial charge in [0, 0.05) is 34.8 Å². The molecule has 2 N–H and O–H groups in total. The summed E-state index contributed by atoms with van der Waals surface area (Å²) in [4.78, 5) is 6.20.